The maximum absolute atomic E-state index is 11.6. The summed E-state index contributed by atoms with van der Waals surface area (Å²) in [6.07, 6.45) is 3.04. The molecule has 0 saturated carbocycles. The third-order valence-corrected chi connectivity index (χ3v) is 2.20. The Morgan fingerprint density at radius 3 is 2.81 bits per heavy atom. The van der Waals surface area contributed by atoms with Gasteiger partial charge in [0.2, 0.25) is 5.95 Å². The van der Waals surface area contributed by atoms with Crippen LogP contribution in [-0.4, -0.2) is 26.6 Å². The lowest BCUT2D eigenvalue weighted by atomic mass is 10.3. The fourth-order valence-electron chi connectivity index (χ4n) is 1.34. The average molecular weight is 217 g/mol. The number of hydrogen-bond acceptors (Lipinski definition) is 5. The van der Waals surface area contributed by atoms with Crippen molar-refractivity contribution in [2.45, 2.75) is 0 Å². The Bertz CT molecular complexity index is 549. The Morgan fingerprint density at radius 1 is 1.38 bits per heavy atom. The molecule has 0 aliphatic carbocycles. The molecule has 0 atom stereocenters. The summed E-state index contributed by atoms with van der Waals surface area (Å²) >= 11 is 0. The Hall–Kier alpha value is -2.24. The van der Waals surface area contributed by atoms with Crippen LogP contribution in [0.2, 0.25) is 0 Å². The molecule has 0 fully saturated rings. The van der Waals surface area contributed by atoms with E-state index in [-0.39, 0.29) is 5.56 Å². The lowest BCUT2D eigenvalue weighted by Gasteiger charge is -2.07. The zero-order chi connectivity index (χ0) is 11.5. The molecule has 6 heteroatoms. The van der Waals surface area contributed by atoms with Crippen molar-refractivity contribution in [3.05, 3.63) is 35.0 Å². The molecule has 0 amide bonds. The van der Waals surface area contributed by atoms with Crippen LogP contribution in [0.25, 0.3) is 11.4 Å². The molecule has 6 nitrogen and oxygen atoms in total. The van der Waals surface area contributed by atoms with E-state index in [9.17, 15) is 4.79 Å². The van der Waals surface area contributed by atoms with Gasteiger partial charge in [0, 0.05) is 26.4 Å². The second kappa shape index (κ2) is 4.09. The number of nitrogens with zero attached hydrogens (tertiary/aromatic N) is 4. The third kappa shape index (κ3) is 1.77. The maximum Gasteiger partial charge on any atom is 0.255 e. The summed E-state index contributed by atoms with van der Waals surface area (Å²) in [6, 6.07) is 3.16. The average Bonchev–Trinajstić information content (AvgIpc) is 2.33. The van der Waals surface area contributed by atoms with Crippen molar-refractivity contribution in [3.63, 3.8) is 0 Å². The Labute approximate surface area is 92.0 Å². The van der Waals surface area contributed by atoms with Crippen molar-refractivity contribution >= 4 is 5.95 Å². The van der Waals surface area contributed by atoms with Gasteiger partial charge >= 0.3 is 0 Å². The van der Waals surface area contributed by atoms with Gasteiger partial charge in [0.05, 0.1) is 11.4 Å². The van der Waals surface area contributed by atoms with Gasteiger partial charge in [0.25, 0.3) is 5.56 Å². The van der Waals surface area contributed by atoms with E-state index in [0.717, 1.165) is 0 Å². The smallest absolute Gasteiger partial charge is 0.255 e. The second-order valence-electron chi connectivity index (χ2n) is 3.21. The normalized spacial score (nSPS) is 10.1. The second-order valence-corrected chi connectivity index (χ2v) is 3.21. The molecular formula is C10H11N5O. The van der Waals surface area contributed by atoms with Crippen LogP contribution in [0.15, 0.2) is 29.5 Å². The van der Waals surface area contributed by atoms with Gasteiger partial charge in [0.1, 0.15) is 6.33 Å². The number of aromatic nitrogens is 4. The monoisotopic (exact) mass is 217 g/mol. The minimum absolute atomic E-state index is 0.132. The predicted octanol–water partition coefficient (Wildman–Crippen LogP) is 0.279. The van der Waals surface area contributed by atoms with Crippen LogP contribution in [-0.2, 0) is 7.05 Å². The van der Waals surface area contributed by atoms with Crippen molar-refractivity contribution in [3.8, 4) is 11.4 Å². The SMILES string of the molecule is CNc1nc(-c2ccncn2)cc(=O)n1C. The Kier molecular flexibility index (Phi) is 2.63. The van der Waals surface area contributed by atoms with Crippen LogP contribution < -0.4 is 10.9 Å². The molecule has 2 aromatic rings. The predicted molar refractivity (Wildman–Crippen MR) is 60.1 cm³/mol. The van der Waals surface area contributed by atoms with Gasteiger partial charge in [-0.15, -0.1) is 0 Å². The highest BCUT2D eigenvalue weighted by Gasteiger charge is 2.06. The van der Waals surface area contributed by atoms with Gasteiger partial charge in [-0.2, -0.15) is 0 Å². The lowest BCUT2D eigenvalue weighted by molar-refractivity contribution is 0.835. The van der Waals surface area contributed by atoms with Gasteiger partial charge in [0.15, 0.2) is 0 Å². The van der Waals surface area contributed by atoms with E-state index in [1.807, 2.05) is 0 Å². The molecule has 2 aromatic heterocycles. The molecule has 0 unspecified atom stereocenters. The third-order valence-electron chi connectivity index (χ3n) is 2.20. The summed E-state index contributed by atoms with van der Waals surface area (Å²) < 4.78 is 1.44. The first-order valence-electron chi connectivity index (χ1n) is 4.74. The molecule has 2 heterocycles. The van der Waals surface area contributed by atoms with E-state index in [2.05, 4.69) is 20.3 Å². The van der Waals surface area contributed by atoms with E-state index < -0.39 is 0 Å². The fourth-order valence-corrected chi connectivity index (χ4v) is 1.34. The van der Waals surface area contributed by atoms with Gasteiger partial charge in [-0.3, -0.25) is 9.36 Å². The molecule has 0 spiro atoms. The van der Waals surface area contributed by atoms with Gasteiger partial charge in [-0.25, -0.2) is 15.0 Å². The van der Waals surface area contributed by atoms with Crippen LogP contribution in [0, 0.1) is 0 Å². The highest BCUT2D eigenvalue weighted by molar-refractivity contribution is 5.54. The Balaban J connectivity index is 2.60. The summed E-state index contributed by atoms with van der Waals surface area (Å²) in [5.74, 6) is 0.501. The summed E-state index contributed by atoms with van der Waals surface area (Å²) in [5, 5.41) is 2.85. The van der Waals surface area contributed by atoms with Crippen molar-refractivity contribution < 1.29 is 0 Å². The van der Waals surface area contributed by atoms with Crippen molar-refractivity contribution in [1.29, 1.82) is 0 Å². The first kappa shape index (κ1) is 10.3. The quantitative estimate of drug-likeness (QED) is 0.782. The van der Waals surface area contributed by atoms with Crippen LogP contribution >= 0.6 is 0 Å². The topological polar surface area (TPSA) is 72.7 Å². The molecule has 0 radical (unpaired) electrons. The maximum atomic E-state index is 11.6. The summed E-state index contributed by atoms with van der Waals surface area (Å²) in [6.45, 7) is 0. The highest BCUT2D eigenvalue weighted by Crippen LogP contribution is 2.12. The molecule has 1 N–H and O–H groups in total. The number of rotatable bonds is 2. The highest BCUT2D eigenvalue weighted by atomic mass is 16.1. The van der Waals surface area contributed by atoms with Crippen LogP contribution in [0.3, 0.4) is 0 Å². The molecule has 82 valence electrons. The van der Waals surface area contributed by atoms with Crippen LogP contribution in [0.1, 0.15) is 0 Å². The lowest BCUT2D eigenvalue weighted by Crippen LogP contribution is -2.20. The fraction of sp³-hybridized carbons (Fsp3) is 0.200. The molecule has 16 heavy (non-hydrogen) atoms. The van der Waals surface area contributed by atoms with Crippen molar-refractivity contribution in [2.75, 3.05) is 12.4 Å². The Morgan fingerprint density at radius 2 is 2.19 bits per heavy atom. The van der Waals surface area contributed by atoms with E-state index in [0.29, 0.717) is 17.3 Å². The minimum atomic E-state index is -0.132. The van der Waals surface area contributed by atoms with E-state index in [1.54, 1.807) is 26.4 Å². The molecule has 0 bridgehead atoms. The summed E-state index contributed by atoms with van der Waals surface area (Å²) in [5.41, 5.74) is 1.03. The molecular weight excluding hydrogens is 206 g/mol. The molecule has 0 aromatic carbocycles. The molecule has 2 rings (SSSR count). The van der Waals surface area contributed by atoms with Gasteiger partial charge in [-0.1, -0.05) is 0 Å². The van der Waals surface area contributed by atoms with E-state index in [1.165, 1.54) is 17.0 Å². The van der Waals surface area contributed by atoms with E-state index >= 15 is 0 Å². The first-order valence-corrected chi connectivity index (χ1v) is 4.74. The van der Waals surface area contributed by atoms with E-state index in [4.69, 9.17) is 0 Å². The van der Waals surface area contributed by atoms with Crippen LogP contribution in [0.5, 0.6) is 0 Å². The van der Waals surface area contributed by atoms with Gasteiger partial charge < -0.3 is 5.32 Å². The van der Waals surface area contributed by atoms with Crippen molar-refractivity contribution in [1.82, 2.24) is 19.5 Å². The largest absolute Gasteiger partial charge is 0.359 e. The molecule has 0 saturated heterocycles. The van der Waals surface area contributed by atoms with Gasteiger partial charge in [-0.05, 0) is 6.07 Å². The molecule has 0 aliphatic rings. The number of nitrogens with one attached hydrogen (secondary N) is 1. The number of anilines is 1. The summed E-state index contributed by atoms with van der Waals surface area (Å²) in [4.78, 5) is 23.8. The van der Waals surface area contributed by atoms with Crippen LogP contribution in [0.4, 0.5) is 5.95 Å². The first-order chi connectivity index (χ1) is 7.72. The van der Waals surface area contributed by atoms with Crippen molar-refractivity contribution in [2.24, 2.45) is 7.05 Å². The number of hydrogen-bond donors (Lipinski definition) is 1. The molecule has 0 aliphatic heterocycles. The zero-order valence-electron chi connectivity index (χ0n) is 9.01. The minimum Gasteiger partial charge on any atom is -0.359 e. The standard InChI is InChI=1S/C10H11N5O/c1-11-10-14-8(5-9(16)15(10)2)7-3-4-12-6-13-7/h3-6H,1-2H3,(H,11,14). The zero-order valence-corrected chi connectivity index (χ0v) is 9.01. The summed E-state index contributed by atoms with van der Waals surface area (Å²) in [7, 11) is 3.37.